The molecule has 1 saturated heterocycles. The zero-order valence-corrected chi connectivity index (χ0v) is 22.4. The van der Waals surface area contributed by atoms with Crippen molar-refractivity contribution < 1.29 is 23.4 Å². The number of benzene rings is 1. The number of aliphatic hydroxyl groups excluding tert-OH is 2. The summed E-state index contributed by atoms with van der Waals surface area (Å²) in [6.07, 6.45) is 1.72. The minimum Gasteiger partial charge on any atom is -0.494 e. The van der Waals surface area contributed by atoms with Crippen LogP contribution in [0, 0.1) is 31.3 Å². The summed E-state index contributed by atoms with van der Waals surface area (Å²) >= 11 is 0. The molecule has 208 valence electrons. The maximum Gasteiger partial charge on any atom is 0.206 e. The van der Waals surface area contributed by atoms with E-state index in [1.165, 1.54) is 18.5 Å². The number of pyridine rings is 1. The highest BCUT2D eigenvalue weighted by Gasteiger charge is 2.37. The van der Waals surface area contributed by atoms with E-state index in [0.29, 0.717) is 36.1 Å². The Labute approximate surface area is 229 Å². The number of aliphatic hydroxyl groups is 2. The first-order valence-corrected chi connectivity index (χ1v) is 12.7. The fraction of sp³-hybridized carbons (Fsp3) is 0.276. The van der Waals surface area contributed by atoms with E-state index in [-0.39, 0.29) is 28.6 Å². The molecule has 8 nitrogen and oxygen atoms in total. The molecule has 0 radical (unpaired) electrons. The number of nitrogens with zero attached hydrogens (tertiary/aromatic N) is 6. The van der Waals surface area contributed by atoms with E-state index in [1.807, 2.05) is 11.8 Å². The highest BCUT2D eigenvalue weighted by molar-refractivity contribution is 6.02. The van der Waals surface area contributed by atoms with Crippen molar-refractivity contribution in [2.45, 2.75) is 32.4 Å². The van der Waals surface area contributed by atoms with Gasteiger partial charge in [-0.05, 0) is 44.0 Å². The van der Waals surface area contributed by atoms with Crippen molar-refractivity contribution in [1.82, 2.24) is 24.6 Å². The number of amidine groups is 1. The standard InChI is InChI=1S/C29H29F3N6O2/c1-15-8-23(32)12-33-26(15)19-6-7-37(14-19)18(4)25-16(2)35-27(24-13-34-36(5)17(24)3)38(29(25)40)28(39)20-9-21(30)11-22(31)10-20/h8-13,19,28,39-40H,2,4,6-7,14H2,1,3,5H3. The molecule has 3 aromatic rings. The summed E-state index contributed by atoms with van der Waals surface area (Å²) in [5, 5.41) is 27.2. The molecule has 1 fully saturated rings. The molecule has 0 amide bonds. The first-order valence-electron chi connectivity index (χ1n) is 12.7. The number of likely N-dealkylation sites (tertiary alicyclic amines) is 1. The van der Waals surface area contributed by atoms with Crippen molar-refractivity contribution in [2.24, 2.45) is 12.0 Å². The molecule has 2 aliphatic rings. The van der Waals surface area contributed by atoms with E-state index < -0.39 is 29.6 Å². The number of halogens is 3. The van der Waals surface area contributed by atoms with Gasteiger partial charge in [0.1, 0.15) is 23.3 Å². The van der Waals surface area contributed by atoms with Crippen molar-refractivity contribution in [3.8, 4) is 0 Å². The molecule has 2 aromatic heterocycles. The SMILES string of the molecule is C=C1N=C(c2cnn(C)c2C)N(C(O)c2cc(F)cc(F)c2)C(O)=C1C(=C)N1CCC(c2ncc(F)cc2C)C1. The normalized spacial score (nSPS) is 18.4. The molecule has 2 aliphatic heterocycles. The molecule has 2 atom stereocenters. The quantitative estimate of drug-likeness (QED) is 0.455. The van der Waals surface area contributed by atoms with Gasteiger partial charge in [0.25, 0.3) is 0 Å². The fourth-order valence-electron chi connectivity index (χ4n) is 5.26. The number of aliphatic imine (C=N–C) groups is 1. The fourth-order valence-corrected chi connectivity index (χ4v) is 5.26. The van der Waals surface area contributed by atoms with Crippen LogP contribution in [-0.2, 0) is 7.05 Å². The van der Waals surface area contributed by atoms with Crippen LogP contribution in [-0.4, -0.2) is 53.7 Å². The lowest BCUT2D eigenvalue weighted by Crippen LogP contribution is -2.39. The number of hydrogen-bond donors (Lipinski definition) is 2. The van der Waals surface area contributed by atoms with Gasteiger partial charge in [0.2, 0.25) is 5.88 Å². The Bertz CT molecular complexity index is 1570. The average molecular weight is 551 g/mol. The van der Waals surface area contributed by atoms with Gasteiger partial charge in [-0.2, -0.15) is 5.10 Å². The van der Waals surface area contributed by atoms with Crippen molar-refractivity contribution >= 4 is 5.84 Å². The van der Waals surface area contributed by atoms with Gasteiger partial charge in [0.15, 0.2) is 6.23 Å². The number of aryl methyl sites for hydroxylation is 2. The molecule has 2 N–H and O–H groups in total. The van der Waals surface area contributed by atoms with E-state index in [4.69, 9.17) is 0 Å². The Morgan fingerprint density at radius 3 is 2.40 bits per heavy atom. The second kappa shape index (κ2) is 10.3. The van der Waals surface area contributed by atoms with Crippen molar-refractivity contribution in [2.75, 3.05) is 13.1 Å². The Morgan fingerprint density at radius 1 is 1.07 bits per heavy atom. The largest absolute Gasteiger partial charge is 0.494 e. The maximum atomic E-state index is 14.1. The lowest BCUT2D eigenvalue weighted by Gasteiger charge is -2.36. The summed E-state index contributed by atoms with van der Waals surface area (Å²) in [4.78, 5) is 11.9. The Balaban J connectivity index is 1.53. The van der Waals surface area contributed by atoms with E-state index in [2.05, 4.69) is 28.2 Å². The summed E-state index contributed by atoms with van der Waals surface area (Å²) in [5.41, 5.74) is 3.32. The van der Waals surface area contributed by atoms with Crippen molar-refractivity contribution in [3.05, 3.63) is 118 Å². The van der Waals surface area contributed by atoms with Crippen LogP contribution in [0.5, 0.6) is 0 Å². The van der Waals surface area contributed by atoms with Crippen LogP contribution in [0.2, 0.25) is 0 Å². The van der Waals surface area contributed by atoms with Crippen LogP contribution >= 0.6 is 0 Å². The smallest absolute Gasteiger partial charge is 0.206 e. The van der Waals surface area contributed by atoms with Crippen LogP contribution in [0.4, 0.5) is 13.2 Å². The predicted molar refractivity (Wildman–Crippen MR) is 143 cm³/mol. The topological polar surface area (TPSA) is 90.0 Å². The molecule has 0 saturated carbocycles. The molecule has 0 bridgehead atoms. The van der Waals surface area contributed by atoms with Crippen LogP contribution in [0.1, 0.15) is 46.6 Å². The lowest BCUT2D eigenvalue weighted by atomic mass is 10.00. The molecule has 1 aromatic carbocycles. The highest BCUT2D eigenvalue weighted by Crippen LogP contribution is 2.39. The van der Waals surface area contributed by atoms with Gasteiger partial charge in [-0.15, -0.1) is 0 Å². The number of rotatable bonds is 6. The van der Waals surface area contributed by atoms with E-state index in [0.717, 1.165) is 34.7 Å². The van der Waals surface area contributed by atoms with Gasteiger partial charge >= 0.3 is 0 Å². The Morgan fingerprint density at radius 2 is 1.77 bits per heavy atom. The Kier molecular flexibility index (Phi) is 7.01. The van der Waals surface area contributed by atoms with E-state index in [9.17, 15) is 23.4 Å². The zero-order chi connectivity index (χ0) is 28.9. The predicted octanol–water partition coefficient (Wildman–Crippen LogP) is 4.89. The van der Waals surface area contributed by atoms with Crippen molar-refractivity contribution in [3.63, 3.8) is 0 Å². The summed E-state index contributed by atoms with van der Waals surface area (Å²) in [6, 6.07) is 4.10. The third-order valence-electron chi connectivity index (χ3n) is 7.44. The number of aromatic nitrogens is 3. The molecular formula is C29H29F3N6O2. The minimum atomic E-state index is -1.71. The molecule has 5 rings (SSSR count). The third kappa shape index (κ3) is 4.77. The first kappa shape index (κ1) is 27.2. The van der Waals surface area contributed by atoms with Gasteiger partial charge in [-0.25, -0.2) is 18.2 Å². The van der Waals surface area contributed by atoms with Crippen LogP contribution in [0.25, 0.3) is 0 Å². The molecule has 11 heteroatoms. The minimum absolute atomic E-state index is 0.00557. The van der Waals surface area contributed by atoms with Crippen molar-refractivity contribution in [1.29, 1.82) is 0 Å². The van der Waals surface area contributed by atoms with E-state index in [1.54, 1.807) is 18.7 Å². The summed E-state index contributed by atoms with van der Waals surface area (Å²) in [5.74, 6) is -2.48. The van der Waals surface area contributed by atoms with E-state index >= 15 is 0 Å². The molecule has 4 heterocycles. The summed E-state index contributed by atoms with van der Waals surface area (Å²) in [6.45, 7) is 12.9. The average Bonchev–Trinajstić information content (AvgIpc) is 3.50. The molecular weight excluding hydrogens is 521 g/mol. The highest BCUT2D eigenvalue weighted by atomic mass is 19.1. The molecule has 40 heavy (non-hydrogen) atoms. The van der Waals surface area contributed by atoms with Crippen LogP contribution in [0.15, 0.2) is 77.7 Å². The first-order chi connectivity index (χ1) is 19.0. The van der Waals surface area contributed by atoms with Gasteiger partial charge in [0, 0.05) is 54.8 Å². The molecule has 2 unspecified atom stereocenters. The van der Waals surface area contributed by atoms with Gasteiger partial charge < -0.3 is 15.1 Å². The molecule has 0 aliphatic carbocycles. The van der Waals surface area contributed by atoms with Gasteiger partial charge in [-0.3, -0.25) is 14.6 Å². The summed E-state index contributed by atoms with van der Waals surface area (Å²) < 4.78 is 43.4. The van der Waals surface area contributed by atoms with Gasteiger partial charge in [-0.1, -0.05) is 13.2 Å². The number of hydrogen-bond acceptors (Lipinski definition) is 7. The van der Waals surface area contributed by atoms with Crippen LogP contribution < -0.4 is 0 Å². The second-order valence-corrected chi connectivity index (χ2v) is 10.0. The zero-order valence-electron chi connectivity index (χ0n) is 22.4. The second-order valence-electron chi connectivity index (χ2n) is 10.0. The third-order valence-corrected chi connectivity index (χ3v) is 7.44. The molecule has 0 spiro atoms. The van der Waals surface area contributed by atoms with Crippen LogP contribution in [0.3, 0.4) is 0 Å². The summed E-state index contributed by atoms with van der Waals surface area (Å²) in [7, 11) is 1.73. The van der Waals surface area contributed by atoms with Gasteiger partial charge in [0.05, 0.1) is 29.2 Å². The monoisotopic (exact) mass is 550 g/mol. The lowest BCUT2D eigenvalue weighted by molar-refractivity contribution is 0.0408. The Hall–Kier alpha value is -4.38. The maximum absolute atomic E-state index is 14.1.